The van der Waals surface area contributed by atoms with Gasteiger partial charge in [-0.15, -0.1) is 5.10 Å². The summed E-state index contributed by atoms with van der Waals surface area (Å²) in [5.41, 5.74) is 4.07. The number of quaternary nitrogens is 1. The highest BCUT2D eigenvalue weighted by Gasteiger charge is 2.38. The van der Waals surface area contributed by atoms with E-state index in [1.54, 1.807) is 0 Å². The second-order valence-electron chi connectivity index (χ2n) is 10.5. The molecule has 2 heterocycles. The molecule has 1 aliphatic rings. The molecule has 2 atom stereocenters. The van der Waals surface area contributed by atoms with Crippen LogP contribution in [-0.2, 0) is 12.1 Å². The summed E-state index contributed by atoms with van der Waals surface area (Å²) in [6.07, 6.45) is 6.76. The minimum absolute atomic E-state index is 0.0181. The zero-order valence-corrected chi connectivity index (χ0v) is 21.0. The molecule has 2 N–H and O–H groups in total. The Morgan fingerprint density at radius 3 is 2.52 bits per heavy atom. The van der Waals surface area contributed by atoms with Crippen LogP contribution >= 0.6 is 0 Å². The van der Waals surface area contributed by atoms with Gasteiger partial charge in [0.1, 0.15) is 12.6 Å². The average molecular weight is 452 g/mol. The third-order valence-corrected chi connectivity index (χ3v) is 7.91. The van der Waals surface area contributed by atoms with Crippen molar-refractivity contribution in [1.82, 2.24) is 25.2 Å². The van der Waals surface area contributed by atoms with Gasteiger partial charge in [-0.05, 0) is 105 Å². The first-order chi connectivity index (χ1) is 15.7. The number of fused-ring (bicyclic) bond motifs is 1. The standard InChI is InChI=1S/C26H38N6O/c1-7-23(24-28-29-30-32(24)26(5,6)8-2)31(21-11-9-10-12-21)16-20-15-19-13-17(3)18(4)14-22(19)27-25(20)33/h13-15,21,23H,7-12,16H2,1-6H3,(H,27,33)/p+1. The summed E-state index contributed by atoms with van der Waals surface area (Å²) in [7, 11) is 0. The highest BCUT2D eigenvalue weighted by molar-refractivity contribution is 5.80. The molecule has 0 saturated heterocycles. The number of H-pyrrole nitrogens is 1. The Morgan fingerprint density at radius 1 is 1.15 bits per heavy atom. The summed E-state index contributed by atoms with van der Waals surface area (Å²) < 4.78 is 2.02. The zero-order valence-electron chi connectivity index (χ0n) is 21.0. The van der Waals surface area contributed by atoms with Crippen LogP contribution in [0.5, 0.6) is 0 Å². The van der Waals surface area contributed by atoms with Crippen LogP contribution in [0.25, 0.3) is 10.9 Å². The molecule has 7 heteroatoms. The molecule has 2 unspecified atom stereocenters. The number of hydrogen-bond acceptors (Lipinski definition) is 4. The van der Waals surface area contributed by atoms with Gasteiger partial charge in [0, 0.05) is 11.9 Å². The predicted molar refractivity (Wildman–Crippen MR) is 131 cm³/mol. The van der Waals surface area contributed by atoms with Gasteiger partial charge in [-0.3, -0.25) is 4.79 Å². The minimum Gasteiger partial charge on any atom is -0.322 e. The van der Waals surface area contributed by atoms with Crippen molar-refractivity contribution < 1.29 is 4.90 Å². The second-order valence-corrected chi connectivity index (χ2v) is 10.5. The fourth-order valence-electron chi connectivity index (χ4n) is 5.32. The van der Waals surface area contributed by atoms with E-state index in [0.717, 1.165) is 35.1 Å². The van der Waals surface area contributed by atoms with E-state index in [1.807, 2.05) is 4.68 Å². The van der Waals surface area contributed by atoms with Crippen molar-refractivity contribution >= 4 is 10.9 Å². The highest BCUT2D eigenvalue weighted by atomic mass is 16.1. The fraction of sp³-hybridized carbons (Fsp3) is 0.615. The molecular weight excluding hydrogens is 412 g/mol. The number of hydrogen-bond donors (Lipinski definition) is 2. The van der Waals surface area contributed by atoms with Gasteiger partial charge in [-0.2, -0.15) is 0 Å². The number of aryl methyl sites for hydroxylation is 2. The van der Waals surface area contributed by atoms with Gasteiger partial charge >= 0.3 is 0 Å². The number of rotatable bonds is 8. The first-order valence-corrected chi connectivity index (χ1v) is 12.5. The third kappa shape index (κ3) is 4.60. The Hall–Kier alpha value is -2.54. The summed E-state index contributed by atoms with van der Waals surface area (Å²) in [4.78, 5) is 17.7. The summed E-state index contributed by atoms with van der Waals surface area (Å²) in [6, 6.07) is 7.01. The van der Waals surface area contributed by atoms with Crippen LogP contribution in [0.3, 0.4) is 0 Å². The molecule has 4 rings (SSSR count). The molecule has 0 radical (unpaired) electrons. The number of nitrogens with zero attached hydrogens (tertiary/aromatic N) is 4. The molecule has 1 saturated carbocycles. The predicted octanol–water partition coefficient (Wildman–Crippen LogP) is 3.76. The number of aromatic nitrogens is 5. The van der Waals surface area contributed by atoms with E-state index in [0.29, 0.717) is 12.6 Å². The van der Waals surface area contributed by atoms with Crippen LogP contribution in [-0.4, -0.2) is 31.2 Å². The molecule has 1 fully saturated rings. The maximum atomic E-state index is 13.1. The van der Waals surface area contributed by atoms with E-state index >= 15 is 0 Å². The largest absolute Gasteiger partial charge is 0.322 e. The van der Waals surface area contributed by atoms with Crippen LogP contribution in [0.15, 0.2) is 23.0 Å². The Bertz CT molecular complexity index is 1170. The second kappa shape index (κ2) is 9.37. The van der Waals surface area contributed by atoms with Crippen LogP contribution in [0, 0.1) is 13.8 Å². The van der Waals surface area contributed by atoms with E-state index < -0.39 is 0 Å². The molecule has 1 aliphatic carbocycles. The van der Waals surface area contributed by atoms with Crippen molar-refractivity contribution in [2.45, 2.75) is 104 Å². The molecule has 7 nitrogen and oxygen atoms in total. The lowest BCUT2D eigenvalue weighted by atomic mass is 10.00. The van der Waals surface area contributed by atoms with Gasteiger partial charge in [0.05, 0.1) is 17.1 Å². The van der Waals surface area contributed by atoms with E-state index in [-0.39, 0.29) is 17.1 Å². The van der Waals surface area contributed by atoms with E-state index in [2.05, 4.69) is 80.3 Å². The van der Waals surface area contributed by atoms with Crippen LogP contribution in [0.2, 0.25) is 0 Å². The summed E-state index contributed by atoms with van der Waals surface area (Å²) >= 11 is 0. The molecule has 0 aliphatic heterocycles. The van der Waals surface area contributed by atoms with E-state index in [9.17, 15) is 4.79 Å². The first-order valence-electron chi connectivity index (χ1n) is 12.5. The monoisotopic (exact) mass is 451 g/mol. The molecule has 33 heavy (non-hydrogen) atoms. The summed E-state index contributed by atoms with van der Waals surface area (Å²) in [6.45, 7) is 13.7. The van der Waals surface area contributed by atoms with Crippen molar-refractivity contribution in [2.75, 3.05) is 0 Å². The van der Waals surface area contributed by atoms with Gasteiger partial charge in [-0.1, -0.05) is 13.8 Å². The quantitative estimate of drug-likeness (QED) is 0.546. The summed E-state index contributed by atoms with van der Waals surface area (Å²) in [5.74, 6) is 0.940. The summed E-state index contributed by atoms with van der Waals surface area (Å²) in [5, 5.41) is 14.1. The normalized spacial score (nSPS) is 17.0. The molecule has 2 aromatic heterocycles. The lowest BCUT2D eigenvalue weighted by molar-refractivity contribution is -0.969. The van der Waals surface area contributed by atoms with Gasteiger partial charge in [0.2, 0.25) is 5.82 Å². The SMILES string of the molecule is CCC(c1nnnn1C(C)(C)CC)[NH+](Cc1cc2cc(C)c(C)cc2[nH]c1=O)C1CCCC1. The molecule has 0 spiro atoms. The number of nitrogens with one attached hydrogen (secondary N) is 2. The van der Waals surface area contributed by atoms with Crippen molar-refractivity contribution in [1.29, 1.82) is 0 Å². The van der Waals surface area contributed by atoms with Crippen molar-refractivity contribution in [3.8, 4) is 0 Å². The average Bonchev–Trinajstić information content (AvgIpc) is 3.48. The van der Waals surface area contributed by atoms with E-state index in [4.69, 9.17) is 0 Å². The van der Waals surface area contributed by atoms with Crippen LogP contribution in [0.4, 0.5) is 0 Å². The maximum Gasteiger partial charge on any atom is 0.257 e. The molecule has 3 aromatic rings. The van der Waals surface area contributed by atoms with Crippen molar-refractivity contribution in [3.05, 3.63) is 51.1 Å². The Labute approximate surface area is 196 Å². The smallest absolute Gasteiger partial charge is 0.257 e. The maximum absolute atomic E-state index is 13.1. The molecular formula is C26H39N6O+. The number of benzene rings is 1. The fourth-order valence-corrected chi connectivity index (χ4v) is 5.32. The Balaban J connectivity index is 1.76. The highest BCUT2D eigenvalue weighted by Crippen LogP contribution is 2.25. The Kier molecular flexibility index (Phi) is 6.71. The van der Waals surface area contributed by atoms with Crippen LogP contribution in [0.1, 0.15) is 94.8 Å². The van der Waals surface area contributed by atoms with Gasteiger partial charge < -0.3 is 9.88 Å². The number of aromatic amines is 1. The number of tetrazole rings is 1. The molecule has 0 amide bonds. The first kappa shape index (κ1) is 23.6. The van der Waals surface area contributed by atoms with Gasteiger partial charge in [-0.25, -0.2) is 4.68 Å². The van der Waals surface area contributed by atoms with Crippen molar-refractivity contribution in [2.24, 2.45) is 0 Å². The van der Waals surface area contributed by atoms with Gasteiger partial charge in [0.15, 0.2) is 0 Å². The molecule has 1 aromatic carbocycles. The zero-order chi connectivity index (χ0) is 23.8. The number of pyridine rings is 1. The third-order valence-electron chi connectivity index (χ3n) is 7.91. The van der Waals surface area contributed by atoms with E-state index in [1.165, 1.54) is 41.7 Å². The minimum atomic E-state index is -0.150. The van der Waals surface area contributed by atoms with Crippen LogP contribution < -0.4 is 10.5 Å². The molecule has 178 valence electrons. The van der Waals surface area contributed by atoms with Gasteiger partial charge in [0.25, 0.3) is 5.56 Å². The Morgan fingerprint density at radius 2 is 1.85 bits per heavy atom. The topological polar surface area (TPSA) is 80.9 Å². The molecule has 0 bridgehead atoms. The van der Waals surface area contributed by atoms with Crippen molar-refractivity contribution in [3.63, 3.8) is 0 Å². The lowest BCUT2D eigenvalue weighted by Crippen LogP contribution is -3.14. The lowest BCUT2D eigenvalue weighted by Gasteiger charge is -2.34.